The Morgan fingerprint density at radius 1 is 1.29 bits per heavy atom. The first-order valence-electron chi connectivity index (χ1n) is 10.3. The predicted octanol–water partition coefficient (Wildman–Crippen LogP) is 3.32. The molecule has 1 fully saturated rings. The van der Waals surface area contributed by atoms with Crippen LogP contribution in [0.2, 0.25) is 5.02 Å². The van der Waals surface area contributed by atoms with Gasteiger partial charge in [0.1, 0.15) is 17.8 Å². The van der Waals surface area contributed by atoms with Crippen molar-refractivity contribution in [1.29, 1.82) is 5.26 Å². The molecule has 1 aromatic carbocycles. The number of amides is 1. The second-order valence-corrected chi connectivity index (χ2v) is 10.1. The van der Waals surface area contributed by atoms with E-state index in [4.69, 9.17) is 11.6 Å². The largest absolute Gasteiger partial charge is 0.341 e. The van der Waals surface area contributed by atoms with E-state index >= 15 is 0 Å². The fourth-order valence-electron chi connectivity index (χ4n) is 3.79. The van der Waals surface area contributed by atoms with Crippen LogP contribution >= 0.6 is 11.6 Å². The minimum Gasteiger partial charge on any atom is -0.341 e. The molecule has 31 heavy (non-hydrogen) atoms. The molecule has 2 aromatic rings. The van der Waals surface area contributed by atoms with Gasteiger partial charge in [-0.05, 0) is 61.9 Å². The second kappa shape index (κ2) is 9.86. The van der Waals surface area contributed by atoms with E-state index in [9.17, 15) is 18.5 Å². The summed E-state index contributed by atoms with van der Waals surface area (Å²) < 4.78 is 30.6. The van der Waals surface area contributed by atoms with Gasteiger partial charge in [-0.25, -0.2) is 8.42 Å². The lowest BCUT2D eigenvalue weighted by Gasteiger charge is -2.33. The molecule has 1 aromatic heterocycles. The van der Waals surface area contributed by atoms with E-state index in [-0.39, 0.29) is 17.2 Å². The number of halogens is 1. The molecule has 0 saturated carbocycles. The molecule has 1 atom stereocenters. The van der Waals surface area contributed by atoms with E-state index in [1.807, 2.05) is 0 Å². The van der Waals surface area contributed by atoms with Crippen molar-refractivity contribution in [1.82, 2.24) is 14.2 Å². The maximum absolute atomic E-state index is 13.3. The van der Waals surface area contributed by atoms with Crippen LogP contribution in [0.4, 0.5) is 0 Å². The summed E-state index contributed by atoms with van der Waals surface area (Å²) in [6, 6.07) is 9.28. The van der Waals surface area contributed by atoms with Crippen LogP contribution in [0, 0.1) is 24.2 Å². The summed E-state index contributed by atoms with van der Waals surface area (Å²) in [5.74, 6) is 0.312. The highest BCUT2D eigenvalue weighted by Crippen LogP contribution is 2.24. The van der Waals surface area contributed by atoms with Gasteiger partial charge in [0.2, 0.25) is 15.9 Å². The third-order valence-corrected chi connectivity index (χ3v) is 7.83. The zero-order chi connectivity index (χ0) is 22.6. The van der Waals surface area contributed by atoms with Gasteiger partial charge in [-0.1, -0.05) is 24.6 Å². The molecule has 0 spiro atoms. The molecule has 1 aliphatic heterocycles. The van der Waals surface area contributed by atoms with E-state index in [2.05, 4.69) is 17.7 Å². The highest BCUT2D eigenvalue weighted by atomic mass is 35.5. The quantitative estimate of drug-likeness (QED) is 0.682. The number of aryl methyl sites for hydroxylation is 1. The first kappa shape index (κ1) is 23.3. The fourth-order valence-corrected chi connectivity index (χ4v) is 5.51. The number of aromatic nitrogens is 1. The Morgan fingerprint density at radius 2 is 2.00 bits per heavy atom. The molecule has 1 saturated heterocycles. The van der Waals surface area contributed by atoms with Gasteiger partial charge >= 0.3 is 0 Å². The van der Waals surface area contributed by atoms with Crippen LogP contribution < -0.4 is 4.72 Å². The first-order chi connectivity index (χ1) is 14.7. The number of carbonyl (C=O) groups is 1. The van der Waals surface area contributed by atoms with E-state index in [0.29, 0.717) is 41.8 Å². The molecule has 0 aliphatic carbocycles. The molecule has 2 heterocycles. The molecule has 3 rings (SSSR count). The van der Waals surface area contributed by atoms with Crippen molar-refractivity contribution in [2.45, 2.75) is 50.6 Å². The number of benzene rings is 1. The van der Waals surface area contributed by atoms with Crippen LogP contribution in [0.15, 0.2) is 41.4 Å². The monoisotopic (exact) mass is 462 g/mol. The van der Waals surface area contributed by atoms with Gasteiger partial charge in [-0.2, -0.15) is 9.98 Å². The van der Waals surface area contributed by atoms with E-state index in [1.54, 1.807) is 46.9 Å². The van der Waals surface area contributed by atoms with Gasteiger partial charge in [-0.3, -0.25) is 4.79 Å². The average Bonchev–Trinajstić information content (AvgIpc) is 3.20. The number of piperidine rings is 1. The van der Waals surface area contributed by atoms with Gasteiger partial charge in [0.05, 0.1) is 4.90 Å². The second-order valence-electron chi connectivity index (χ2n) is 8.03. The number of nitriles is 1. The van der Waals surface area contributed by atoms with Gasteiger partial charge in [0.15, 0.2) is 0 Å². The average molecular weight is 463 g/mol. The Bertz CT molecular complexity index is 1080. The molecule has 1 N–H and O–H groups in total. The summed E-state index contributed by atoms with van der Waals surface area (Å²) in [4.78, 5) is 15.1. The van der Waals surface area contributed by atoms with Crippen molar-refractivity contribution in [3.8, 4) is 6.07 Å². The maximum atomic E-state index is 13.3. The number of carbonyl (C=O) groups excluding carboxylic acids is 1. The molecular formula is C22H27ClN4O3S. The summed E-state index contributed by atoms with van der Waals surface area (Å²) in [6.07, 6.45) is 3.77. The Labute approximate surface area is 188 Å². The molecule has 1 unspecified atom stereocenters. The van der Waals surface area contributed by atoms with Crippen molar-refractivity contribution in [3.63, 3.8) is 0 Å². The molecule has 9 heteroatoms. The lowest BCUT2D eigenvalue weighted by molar-refractivity contribution is -0.134. The maximum Gasteiger partial charge on any atom is 0.241 e. The summed E-state index contributed by atoms with van der Waals surface area (Å²) in [5.41, 5.74) is 0.901. The number of nitrogens with zero attached hydrogens (tertiary/aromatic N) is 3. The highest BCUT2D eigenvalue weighted by molar-refractivity contribution is 7.89. The first-order valence-corrected chi connectivity index (χ1v) is 12.2. The minimum atomic E-state index is -3.97. The van der Waals surface area contributed by atoms with Crippen LogP contribution in [-0.2, 0) is 21.4 Å². The molecule has 0 bridgehead atoms. The molecule has 1 amide bonds. The van der Waals surface area contributed by atoms with Crippen molar-refractivity contribution in [3.05, 3.63) is 52.8 Å². The summed E-state index contributed by atoms with van der Waals surface area (Å²) in [5, 5.41) is 9.58. The summed E-state index contributed by atoms with van der Waals surface area (Å²) >= 11 is 6.12. The Kier molecular flexibility index (Phi) is 7.42. The van der Waals surface area contributed by atoms with Crippen LogP contribution in [0.5, 0.6) is 0 Å². The van der Waals surface area contributed by atoms with Gasteiger partial charge < -0.3 is 9.47 Å². The van der Waals surface area contributed by atoms with Crippen molar-refractivity contribution in [2.75, 3.05) is 13.1 Å². The van der Waals surface area contributed by atoms with Crippen molar-refractivity contribution < 1.29 is 13.2 Å². The summed E-state index contributed by atoms with van der Waals surface area (Å²) in [7, 11) is -3.97. The number of hydrogen-bond donors (Lipinski definition) is 1. The van der Waals surface area contributed by atoms with Gasteiger partial charge in [0.25, 0.3) is 0 Å². The van der Waals surface area contributed by atoms with Crippen LogP contribution in [0.1, 0.15) is 37.4 Å². The van der Waals surface area contributed by atoms with Gasteiger partial charge in [0, 0.05) is 30.9 Å². The highest BCUT2D eigenvalue weighted by Gasteiger charge is 2.31. The number of nitrogens with one attached hydrogen (secondary N) is 1. The standard InChI is InChI=1S/C22H27ClN4O3S/c1-16-8-12-27(13-9-16)22(28)20(10-14-26-11-4-5-18(26)15-24)25-31(29,30)21-7-3-6-19(23)17(21)2/h3-7,11,16,20,25H,8-10,12-14H2,1-2H3. The zero-order valence-corrected chi connectivity index (χ0v) is 19.3. The lowest BCUT2D eigenvalue weighted by atomic mass is 9.98. The number of rotatable bonds is 7. The SMILES string of the molecule is Cc1c(Cl)cccc1S(=O)(=O)NC(CCn1cccc1C#N)C(=O)N1CCC(C)CC1. The summed E-state index contributed by atoms with van der Waals surface area (Å²) in [6.45, 7) is 5.36. The van der Waals surface area contributed by atoms with Crippen molar-refractivity contribution in [2.24, 2.45) is 5.92 Å². The third-order valence-electron chi connectivity index (χ3n) is 5.80. The third kappa shape index (κ3) is 5.48. The molecule has 1 aliphatic rings. The van der Waals surface area contributed by atoms with Crippen molar-refractivity contribution >= 4 is 27.5 Å². The fraction of sp³-hybridized carbons (Fsp3) is 0.455. The number of sulfonamides is 1. The smallest absolute Gasteiger partial charge is 0.241 e. The normalized spacial score (nSPS) is 16.1. The minimum absolute atomic E-state index is 0.0590. The van der Waals surface area contributed by atoms with E-state index in [0.717, 1.165) is 12.8 Å². The van der Waals surface area contributed by atoms with E-state index < -0.39 is 16.1 Å². The lowest BCUT2D eigenvalue weighted by Crippen LogP contribution is -2.51. The van der Waals surface area contributed by atoms with Crippen LogP contribution in [0.25, 0.3) is 0 Å². The van der Waals surface area contributed by atoms with Crippen LogP contribution in [-0.4, -0.2) is 42.9 Å². The van der Waals surface area contributed by atoms with E-state index in [1.165, 1.54) is 6.07 Å². The Balaban J connectivity index is 1.84. The number of likely N-dealkylation sites (tertiary alicyclic amines) is 1. The molecule has 7 nitrogen and oxygen atoms in total. The number of hydrogen-bond acceptors (Lipinski definition) is 4. The van der Waals surface area contributed by atoms with Crippen LogP contribution in [0.3, 0.4) is 0 Å². The zero-order valence-electron chi connectivity index (χ0n) is 17.7. The Hall–Kier alpha value is -2.34. The van der Waals surface area contributed by atoms with Gasteiger partial charge in [-0.15, -0.1) is 0 Å². The molecule has 166 valence electrons. The molecule has 0 radical (unpaired) electrons. The molecular weight excluding hydrogens is 436 g/mol. The topological polar surface area (TPSA) is 95.2 Å². The predicted molar refractivity (Wildman–Crippen MR) is 119 cm³/mol. The Morgan fingerprint density at radius 3 is 2.68 bits per heavy atom.